The van der Waals surface area contributed by atoms with Crippen LogP contribution in [0.5, 0.6) is 0 Å². The summed E-state index contributed by atoms with van der Waals surface area (Å²) < 4.78 is 0. The maximum Gasteiger partial charge on any atom is 0.309 e. The number of nitriles is 1. The minimum absolute atomic E-state index is 0.0231. The van der Waals surface area contributed by atoms with Crippen molar-refractivity contribution in [3.63, 3.8) is 0 Å². The summed E-state index contributed by atoms with van der Waals surface area (Å²) in [5, 5.41) is 19.9. The van der Waals surface area contributed by atoms with Crippen molar-refractivity contribution >= 4 is 17.5 Å². The van der Waals surface area contributed by atoms with Gasteiger partial charge in [-0.3, -0.25) is 14.4 Å². The van der Waals surface area contributed by atoms with Crippen molar-refractivity contribution in [3.8, 4) is 6.07 Å². The highest BCUT2D eigenvalue weighted by atomic mass is 16.4. The molecule has 5 heteroatoms. The lowest BCUT2D eigenvalue weighted by atomic mass is 9.34. The van der Waals surface area contributed by atoms with Crippen molar-refractivity contribution in [2.45, 2.75) is 93.4 Å². The molecule has 5 nitrogen and oxygen atoms in total. The van der Waals surface area contributed by atoms with E-state index in [1.54, 1.807) is 0 Å². The predicted octanol–water partition coefficient (Wildman–Crippen LogP) is 6.29. The molecule has 194 valence electrons. The molecule has 0 aromatic carbocycles. The number of fused-ring (bicyclic) bond motifs is 7. The van der Waals surface area contributed by atoms with E-state index in [0.717, 1.165) is 37.7 Å². The Morgan fingerprint density at radius 1 is 1.00 bits per heavy atom. The Bertz CT molecular complexity index is 1190. The van der Waals surface area contributed by atoms with Gasteiger partial charge in [0.2, 0.25) is 0 Å². The van der Waals surface area contributed by atoms with Gasteiger partial charge in [-0.1, -0.05) is 53.2 Å². The van der Waals surface area contributed by atoms with Gasteiger partial charge in [0.15, 0.2) is 11.6 Å². The lowest BCUT2D eigenvalue weighted by molar-refractivity contribution is -0.178. The van der Waals surface area contributed by atoms with Crippen LogP contribution in [0.1, 0.15) is 93.4 Å². The predicted molar refractivity (Wildman–Crippen MR) is 137 cm³/mol. The molecule has 0 heterocycles. The number of aliphatic carboxylic acids is 1. The van der Waals surface area contributed by atoms with Crippen LogP contribution in [0.25, 0.3) is 0 Å². The summed E-state index contributed by atoms with van der Waals surface area (Å²) in [5.74, 6) is -0.861. The van der Waals surface area contributed by atoms with E-state index in [0.29, 0.717) is 12.8 Å². The maximum atomic E-state index is 14.2. The Kier molecular flexibility index (Phi) is 5.09. The summed E-state index contributed by atoms with van der Waals surface area (Å²) in [6, 6.07) is 2.16. The number of allylic oxidation sites excluding steroid dienone is 4. The smallest absolute Gasteiger partial charge is 0.309 e. The molecule has 1 N–H and O–H groups in total. The molecule has 0 radical (unpaired) electrons. The first-order valence-electron chi connectivity index (χ1n) is 13.7. The van der Waals surface area contributed by atoms with Crippen molar-refractivity contribution in [2.75, 3.05) is 0 Å². The second-order valence-corrected chi connectivity index (χ2v) is 14.6. The number of carbonyl (C=O) groups excluding carboxylic acids is 2. The number of hydrogen-bond acceptors (Lipinski definition) is 4. The third kappa shape index (κ3) is 2.85. The maximum absolute atomic E-state index is 14.2. The zero-order valence-electron chi connectivity index (χ0n) is 23.0. The minimum atomic E-state index is -0.796. The summed E-state index contributed by atoms with van der Waals surface area (Å²) in [4.78, 5) is 39.6. The fraction of sp³-hybridized carbons (Fsp3) is 0.742. The number of carboxylic acid groups (broad SMARTS) is 1. The van der Waals surface area contributed by atoms with E-state index >= 15 is 0 Å². The molecule has 0 aliphatic heterocycles. The molecule has 0 bridgehead atoms. The zero-order valence-corrected chi connectivity index (χ0v) is 23.0. The van der Waals surface area contributed by atoms with Gasteiger partial charge in [-0.25, -0.2) is 0 Å². The van der Waals surface area contributed by atoms with E-state index in [2.05, 4.69) is 33.8 Å². The van der Waals surface area contributed by atoms with Crippen LogP contribution in [0.4, 0.5) is 0 Å². The van der Waals surface area contributed by atoms with E-state index in [-0.39, 0.29) is 51.1 Å². The quantitative estimate of drug-likeness (QED) is 0.465. The SMILES string of the molecule is CC1(C)C(=O)C(C#N)=C[C@]2(C)C3=CC(=O)[C@@H]4[C@@H]5C[C@@](C)(C(=O)O)CC[C@]5(C)CC[C@@]4(C)[C@]3(C)CCC12. The zero-order chi connectivity index (χ0) is 26.7. The number of nitrogens with zero attached hydrogens (tertiary/aromatic N) is 1. The molecule has 5 aliphatic carbocycles. The molecule has 3 saturated carbocycles. The van der Waals surface area contributed by atoms with Crippen LogP contribution in [-0.4, -0.2) is 22.6 Å². The molecule has 0 aromatic heterocycles. The highest BCUT2D eigenvalue weighted by Gasteiger charge is 2.69. The lowest BCUT2D eigenvalue weighted by Gasteiger charge is -2.69. The van der Waals surface area contributed by atoms with Gasteiger partial charge in [-0.05, 0) is 86.0 Å². The largest absolute Gasteiger partial charge is 0.481 e. The Morgan fingerprint density at radius 2 is 1.64 bits per heavy atom. The van der Waals surface area contributed by atoms with Crippen LogP contribution in [0.15, 0.2) is 23.3 Å². The summed E-state index contributed by atoms with van der Waals surface area (Å²) in [6.07, 6.45) is 9.51. The molecule has 5 aliphatic rings. The van der Waals surface area contributed by atoms with E-state index in [1.807, 2.05) is 32.9 Å². The molecule has 1 unspecified atom stereocenters. The summed E-state index contributed by atoms with van der Waals surface area (Å²) in [6.45, 7) is 14.8. The van der Waals surface area contributed by atoms with Gasteiger partial charge in [0.1, 0.15) is 6.07 Å². The standard InChI is InChI=1S/C31H41NO4/c1-26(2)21-8-9-30(6)22(29(21,5)15-18(17-32)24(26)34)14-20(33)23-19-16-28(4,25(35)36)11-10-27(19,3)12-13-31(23,30)7/h14-15,19,21,23H,8-13,16H2,1-7H3,(H,35,36)/t19-,21?,23-,27+,28-,29-,30+,31+/m0/s1. The summed E-state index contributed by atoms with van der Waals surface area (Å²) >= 11 is 0. The number of rotatable bonds is 1. The third-order valence-electron chi connectivity index (χ3n) is 12.6. The van der Waals surface area contributed by atoms with Crippen LogP contribution in [-0.2, 0) is 14.4 Å². The van der Waals surface area contributed by atoms with Crippen molar-refractivity contribution in [1.82, 2.24) is 0 Å². The summed E-state index contributed by atoms with van der Waals surface area (Å²) in [7, 11) is 0. The van der Waals surface area contributed by atoms with Crippen LogP contribution in [0.2, 0.25) is 0 Å². The first-order valence-corrected chi connectivity index (χ1v) is 13.7. The molecule has 36 heavy (non-hydrogen) atoms. The molecular weight excluding hydrogens is 450 g/mol. The Hall–Kier alpha value is -2.22. The van der Waals surface area contributed by atoms with Crippen LogP contribution >= 0.6 is 0 Å². The first-order chi connectivity index (χ1) is 16.5. The molecule has 8 atom stereocenters. The monoisotopic (exact) mass is 491 g/mol. The van der Waals surface area contributed by atoms with Gasteiger partial charge in [0.25, 0.3) is 0 Å². The number of carbonyl (C=O) groups is 3. The summed E-state index contributed by atoms with van der Waals surface area (Å²) in [5.41, 5.74) is -1.29. The molecule has 0 amide bonds. The normalized spacial score (nSPS) is 49.3. The highest BCUT2D eigenvalue weighted by molar-refractivity contribution is 6.04. The molecule has 0 spiro atoms. The van der Waals surface area contributed by atoms with Crippen LogP contribution in [0.3, 0.4) is 0 Å². The van der Waals surface area contributed by atoms with Crippen LogP contribution < -0.4 is 0 Å². The van der Waals surface area contributed by atoms with Gasteiger partial charge in [-0.15, -0.1) is 0 Å². The highest BCUT2D eigenvalue weighted by Crippen LogP contribution is 2.74. The Morgan fingerprint density at radius 3 is 2.25 bits per heavy atom. The lowest BCUT2D eigenvalue weighted by Crippen LogP contribution is -2.64. The average molecular weight is 492 g/mol. The molecule has 3 fully saturated rings. The fourth-order valence-electron chi connectivity index (χ4n) is 9.91. The van der Waals surface area contributed by atoms with Crippen molar-refractivity contribution in [3.05, 3.63) is 23.3 Å². The second-order valence-electron chi connectivity index (χ2n) is 14.6. The van der Waals surface area contributed by atoms with Gasteiger partial charge >= 0.3 is 5.97 Å². The second kappa shape index (κ2) is 7.21. The van der Waals surface area contributed by atoms with E-state index < -0.39 is 22.2 Å². The van der Waals surface area contributed by atoms with E-state index in [9.17, 15) is 24.8 Å². The third-order valence-corrected chi connectivity index (χ3v) is 12.6. The van der Waals surface area contributed by atoms with E-state index in [1.165, 1.54) is 0 Å². The van der Waals surface area contributed by atoms with Crippen molar-refractivity contribution in [2.24, 2.45) is 50.2 Å². The number of ketones is 2. The molecule has 0 saturated heterocycles. The Labute approximate surface area is 215 Å². The van der Waals surface area contributed by atoms with E-state index in [4.69, 9.17) is 0 Å². The molecular formula is C31H41NO4. The first kappa shape index (κ1) is 25.4. The fourth-order valence-corrected chi connectivity index (χ4v) is 9.91. The number of hydrogen-bond donors (Lipinski definition) is 1. The topological polar surface area (TPSA) is 95.2 Å². The molecule has 5 rings (SSSR count). The average Bonchev–Trinajstić information content (AvgIpc) is 2.79. The van der Waals surface area contributed by atoms with Gasteiger partial charge in [0.05, 0.1) is 11.0 Å². The number of Topliss-reactive ketones (excluding diaryl/α,β-unsaturated/α-hetero) is 1. The van der Waals surface area contributed by atoms with Crippen molar-refractivity contribution in [1.29, 1.82) is 5.26 Å². The van der Waals surface area contributed by atoms with Gasteiger partial charge in [-0.2, -0.15) is 5.26 Å². The van der Waals surface area contributed by atoms with Crippen LogP contribution in [0, 0.1) is 61.6 Å². The Balaban J connectivity index is 1.68. The van der Waals surface area contributed by atoms with Gasteiger partial charge < -0.3 is 5.11 Å². The number of carboxylic acids is 1. The molecule has 0 aromatic rings. The minimum Gasteiger partial charge on any atom is -0.481 e. The van der Waals surface area contributed by atoms with Crippen molar-refractivity contribution < 1.29 is 19.5 Å². The van der Waals surface area contributed by atoms with Gasteiger partial charge in [0, 0.05) is 16.7 Å².